The van der Waals surface area contributed by atoms with Gasteiger partial charge < -0.3 is 4.90 Å². The minimum atomic E-state index is -0.282. The highest BCUT2D eigenvalue weighted by Gasteiger charge is 2.52. The number of nitrogens with one attached hydrogen (secondary N) is 2. The van der Waals surface area contributed by atoms with Crippen LogP contribution >= 0.6 is 0 Å². The van der Waals surface area contributed by atoms with Crippen LogP contribution in [0.3, 0.4) is 0 Å². The molecule has 0 unspecified atom stereocenters. The molecule has 2 aliphatic rings. The molecule has 2 aliphatic heterocycles. The second-order valence-corrected chi connectivity index (χ2v) is 10.3. The van der Waals surface area contributed by atoms with Gasteiger partial charge in [-0.2, -0.15) is 14.9 Å². The highest BCUT2D eigenvalue weighted by Crippen LogP contribution is 2.42. The van der Waals surface area contributed by atoms with E-state index in [1.807, 2.05) is 49.4 Å². The van der Waals surface area contributed by atoms with E-state index in [0.29, 0.717) is 49.8 Å². The average Bonchev–Trinajstić information content (AvgIpc) is 3.56. The largest absolute Gasteiger partial charge is 0.441 e. The molecule has 2 N–H and O–H groups in total. The number of rotatable bonds is 5. The summed E-state index contributed by atoms with van der Waals surface area (Å²) >= 11 is 0. The second kappa shape index (κ2) is 8.99. The molecule has 1 amide bonds. The quantitative estimate of drug-likeness (QED) is 0.319. The summed E-state index contributed by atoms with van der Waals surface area (Å²) < 4.78 is 1.67. The Morgan fingerprint density at radius 1 is 1.24 bits per heavy atom. The summed E-state index contributed by atoms with van der Waals surface area (Å²) in [6, 6.07) is 16.1. The van der Waals surface area contributed by atoms with Gasteiger partial charge in [-0.15, -0.1) is 0 Å². The van der Waals surface area contributed by atoms with E-state index in [2.05, 4.69) is 32.7 Å². The summed E-state index contributed by atoms with van der Waals surface area (Å²) in [6.45, 7) is 8.56. The molecule has 9 nitrogen and oxygen atoms in total. The van der Waals surface area contributed by atoms with Gasteiger partial charge in [-0.3, -0.25) is 14.8 Å². The molecular formula is C29H28N7O2+. The molecule has 190 valence electrons. The molecule has 0 radical (unpaired) electrons. The van der Waals surface area contributed by atoms with Crippen LogP contribution in [0.4, 0.5) is 5.82 Å². The molecule has 9 heteroatoms. The molecule has 0 aliphatic carbocycles. The van der Waals surface area contributed by atoms with E-state index in [1.54, 1.807) is 15.7 Å². The summed E-state index contributed by atoms with van der Waals surface area (Å²) in [7, 11) is 0. The molecule has 2 aromatic carbocycles. The number of benzene rings is 2. The normalized spacial score (nSPS) is 16.0. The van der Waals surface area contributed by atoms with Gasteiger partial charge in [0, 0.05) is 29.5 Å². The van der Waals surface area contributed by atoms with Crippen molar-refractivity contribution in [2.45, 2.75) is 19.9 Å². The first-order chi connectivity index (χ1) is 18.4. The second-order valence-electron chi connectivity index (χ2n) is 10.3. The van der Waals surface area contributed by atoms with E-state index < -0.39 is 0 Å². The summed E-state index contributed by atoms with van der Waals surface area (Å²) in [5.41, 5.74) is 4.11. The zero-order valence-corrected chi connectivity index (χ0v) is 21.2. The molecule has 0 bridgehead atoms. The predicted molar refractivity (Wildman–Crippen MR) is 143 cm³/mol. The van der Waals surface area contributed by atoms with Crippen molar-refractivity contribution in [1.82, 2.24) is 20.1 Å². The van der Waals surface area contributed by atoms with Crippen LogP contribution in [0.2, 0.25) is 0 Å². The molecule has 0 atom stereocenters. The maximum Gasteiger partial charge on any atom is 0.441 e. The van der Waals surface area contributed by atoms with Crippen LogP contribution < -0.4 is 15.2 Å². The summed E-state index contributed by atoms with van der Waals surface area (Å²) in [5, 5.41) is 18.6. The predicted octanol–water partition coefficient (Wildman–Crippen LogP) is 2.66. The first-order valence-electron chi connectivity index (χ1n) is 12.7. The number of carbonyl (C=O) groups is 1. The topological polar surface area (TPSA) is 113 Å². The number of amides is 1. The molecule has 1 spiro atoms. The lowest BCUT2D eigenvalue weighted by molar-refractivity contribution is -0.693. The summed E-state index contributed by atoms with van der Waals surface area (Å²) in [5.74, 6) is 0.549. The van der Waals surface area contributed by atoms with E-state index in [-0.39, 0.29) is 17.0 Å². The zero-order valence-electron chi connectivity index (χ0n) is 21.2. The highest BCUT2D eigenvalue weighted by atomic mass is 16.2. The Morgan fingerprint density at radius 2 is 2.03 bits per heavy atom. The Labute approximate surface area is 219 Å². The minimum Gasteiger partial charge on any atom is -0.338 e. The van der Waals surface area contributed by atoms with Crippen molar-refractivity contribution >= 4 is 22.6 Å². The number of nitrogens with zero attached hydrogens (tertiary/aromatic N) is 5. The van der Waals surface area contributed by atoms with E-state index in [4.69, 9.17) is 0 Å². The number of likely N-dealkylation sites (tertiary alicyclic amines) is 1. The third-order valence-electron chi connectivity index (χ3n) is 7.86. The van der Waals surface area contributed by atoms with Gasteiger partial charge in [0.2, 0.25) is 11.7 Å². The van der Waals surface area contributed by atoms with Gasteiger partial charge in [0.05, 0.1) is 24.8 Å². The number of fused-ring (bicyclic) bond motifs is 1. The molecule has 4 heterocycles. The Morgan fingerprint density at radius 3 is 2.76 bits per heavy atom. The van der Waals surface area contributed by atoms with Crippen molar-refractivity contribution in [3.63, 3.8) is 0 Å². The maximum absolute atomic E-state index is 13.8. The monoisotopic (exact) mass is 506 g/mol. The van der Waals surface area contributed by atoms with E-state index >= 15 is 0 Å². The number of hydrogen-bond acceptors (Lipinski definition) is 5. The summed E-state index contributed by atoms with van der Waals surface area (Å²) in [4.78, 5) is 32.9. The van der Waals surface area contributed by atoms with Crippen LogP contribution in [0.25, 0.3) is 22.2 Å². The molecule has 38 heavy (non-hydrogen) atoms. The molecule has 4 aromatic rings. The van der Waals surface area contributed by atoms with Crippen LogP contribution in [0.5, 0.6) is 0 Å². The van der Waals surface area contributed by atoms with Crippen LogP contribution in [0, 0.1) is 23.7 Å². The van der Waals surface area contributed by atoms with Gasteiger partial charge in [0.1, 0.15) is 18.3 Å². The lowest BCUT2D eigenvalue weighted by atomic mass is 9.79. The SMILES string of the molecule is C=CC(=O)N1CC2(CCN(c3c(C#N)c(-c4c(C)ccc5[nH]ncc45)[nH]c(=O)[n+]3Cc3ccccc3)C2)C1. The fourth-order valence-corrected chi connectivity index (χ4v) is 6.00. The molecule has 6 rings (SSSR count). The maximum atomic E-state index is 13.8. The van der Waals surface area contributed by atoms with Gasteiger partial charge in [-0.05, 0) is 36.6 Å². The third-order valence-corrected chi connectivity index (χ3v) is 7.86. The molecule has 0 saturated carbocycles. The van der Waals surface area contributed by atoms with Gasteiger partial charge in [0.25, 0.3) is 0 Å². The Hall–Kier alpha value is -4.71. The van der Waals surface area contributed by atoms with Crippen molar-refractivity contribution in [2.75, 3.05) is 31.1 Å². The molecule has 2 saturated heterocycles. The van der Waals surface area contributed by atoms with Crippen LogP contribution in [0.1, 0.15) is 23.1 Å². The van der Waals surface area contributed by atoms with Crippen LogP contribution in [-0.2, 0) is 11.3 Å². The molecular weight excluding hydrogens is 478 g/mol. The van der Waals surface area contributed by atoms with Crippen molar-refractivity contribution in [3.8, 4) is 17.3 Å². The number of hydrogen-bond donors (Lipinski definition) is 2. The van der Waals surface area contributed by atoms with Crippen molar-refractivity contribution in [1.29, 1.82) is 5.26 Å². The van der Waals surface area contributed by atoms with Crippen molar-refractivity contribution in [2.24, 2.45) is 5.41 Å². The average molecular weight is 507 g/mol. The number of anilines is 1. The number of H-pyrrole nitrogens is 2. The first kappa shape index (κ1) is 23.7. The van der Waals surface area contributed by atoms with E-state index in [9.17, 15) is 14.9 Å². The van der Waals surface area contributed by atoms with Crippen molar-refractivity contribution < 1.29 is 9.36 Å². The number of nitriles is 1. The van der Waals surface area contributed by atoms with E-state index in [0.717, 1.165) is 34.0 Å². The van der Waals surface area contributed by atoms with Crippen molar-refractivity contribution in [3.05, 3.63) is 88.5 Å². The fraction of sp³-hybridized carbons (Fsp3) is 0.276. The number of aromatic nitrogens is 4. The van der Waals surface area contributed by atoms with Gasteiger partial charge in [-0.25, -0.2) is 9.78 Å². The van der Waals surface area contributed by atoms with Crippen LogP contribution in [-0.4, -0.2) is 52.2 Å². The number of aromatic amines is 2. The fourth-order valence-electron chi connectivity index (χ4n) is 6.00. The number of aryl methyl sites for hydroxylation is 1. The molecule has 2 aromatic heterocycles. The van der Waals surface area contributed by atoms with E-state index in [1.165, 1.54) is 6.08 Å². The van der Waals surface area contributed by atoms with Gasteiger partial charge in [0.15, 0.2) is 5.56 Å². The Balaban J connectivity index is 1.51. The Kier molecular flexibility index (Phi) is 5.60. The minimum absolute atomic E-state index is 0.0563. The smallest absolute Gasteiger partial charge is 0.338 e. The highest BCUT2D eigenvalue weighted by molar-refractivity contribution is 5.97. The Bertz CT molecular complexity index is 1670. The first-order valence-corrected chi connectivity index (χ1v) is 12.7. The third kappa shape index (κ3) is 3.77. The summed E-state index contributed by atoms with van der Waals surface area (Å²) in [6.07, 6.45) is 3.96. The number of carbonyl (C=O) groups excluding carboxylic acids is 1. The van der Waals surface area contributed by atoms with Gasteiger partial charge in [-0.1, -0.05) is 43.0 Å². The van der Waals surface area contributed by atoms with Crippen LogP contribution in [0.15, 0.2) is 66.1 Å². The lowest BCUT2D eigenvalue weighted by Gasteiger charge is -2.46. The lowest BCUT2D eigenvalue weighted by Crippen LogP contribution is -2.60. The standard InChI is InChI=1S/C29H27N7O2/c1-3-24(37)35-17-29(18-35)11-12-34(16-29)27-21(13-30)26(25-19(2)9-10-23-22(25)14-31-33-23)32-28(38)36(27)15-20-7-5-4-6-8-20/h3-10,14H,1,11-12,15-18H2,2H3,(H,31,32,33,38)/p+1. The van der Waals surface area contributed by atoms with Gasteiger partial charge >= 0.3 is 5.69 Å². The molecule has 2 fully saturated rings. The zero-order chi connectivity index (χ0) is 26.4.